The van der Waals surface area contributed by atoms with Gasteiger partial charge < -0.3 is 15.5 Å². The summed E-state index contributed by atoms with van der Waals surface area (Å²) in [5.74, 6) is 0.169. The maximum atomic E-state index is 12.9. The topological polar surface area (TPSA) is 83.2 Å². The van der Waals surface area contributed by atoms with Gasteiger partial charge in [-0.1, -0.05) is 29.5 Å². The molecule has 0 amide bonds. The van der Waals surface area contributed by atoms with E-state index < -0.39 is 17.3 Å². The van der Waals surface area contributed by atoms with E-state index >= 15 is 0 Å². The molecule has 164 valence electrons. The minimum absolute atomic E-state index is 0.0812. The van der Waals surface area contributed by atoms with Gasteiger partial charge in [-0.15, -0.1) is 5.10 Å². The average Bonchev–Trinajstić information content (AvgIpc) is 3.15. The molecule has 6 nitrogen and oxygen atoms in total. The molecular formula is C22H23F3N4O2. The van der Waals surface area contributed by atoms with Crippen LogP contribution in [0.15, 0.2) is 54.7 Å². The molecule has 1 fully saturated rings. The average molecular weight is 432 g/mol. The molecule has 0 saturated carbocycles. The molecule has 3 N–H and O–H groups in total. The molecule has 2 aromatic carbocycles. The van der Waals surface area contributed by atoms with Crippen molar-refractivity contribution < 1.29 is 23.4 Å². The smallest absolute Gasteiger partial charge is 0.416 e. The van der Waals surface area contributed by atoms with E-state index in [2.05, 4.69) is 15.6 Å². The number of phenols is 1. The second kappa shape index (κ2) is 7.97. The Morgan fingerprint density at radius 3 is 2.58 bits per heavy atom. The van der Waals surface area contributed by atoms with E-state index in [1.165, 1.54) is 12.1 Å². The van der Waals surface area contributed by atoms with Gasteiger partial charge in [0.25, 0.3) is 0 Å². The van der Waals surface area contributed by atoms with Crippen molar-refractivity contribution in [2.24, 2.45) is 0 Å². The van der Waals surface area contributed by atoms with Crippen molar-refractivity contribution in [3.8, 4) is 5.75 Å². The first kappa shape index (κ1) is 21.3. The number of aromatic nitrogens is 3. The number of aliphatic hydroxyl groups is 1. The minimum Gasteiger partial charge on any atom is -0.508 e. The summed E-state index contributed by atoms with van der Waals surface area (Å²) in [6, 6.07) is 11.1. The number of phenolic OH excluding ortho intramolecular Hbond substituents is 1. The van der Waals surface area contributed by atoms with Crippen LogP contribution in [0.3, 0.4) is 0 Å². The quantitative estimate of drug-likeness (QED) is 0.585. The minimum atomic E-state index is -4.42. The summed E-state index contributed by atoms with van der Waals surface area (Å²) in [6.45, 7) is 2.34. The van der Waals surface area contributed by atoms with Crippen LogP contribution in [0.4, 0.5) is 13.2 Å². The first-order valence-corrected chi connectivity index (χ1v) is 9.96. The van der Waals surface area contributed by atoms with Crippen LogP contribution in [0.25, 0.3) is 0 Å². The highest BCUT2D eigenvalue weighted by Gasteiger charge is 2.41. The first-order chi connectivity index (χ1) is 14.6. The van der Waals surface area contributed by atoms with E-state index in [1.54, 1.807) is 29.1 Å². The fourth-order valence-electron chi connectivity index (χ4n) is 4.18. The zero-order valence-corrected chi connectivity index (χ0v) is 16.8. The maximum absolute atomic E-state index is 12.9. The number of piperidine rings is 1. The van der Waals surface area contributed by atoms with Gasteiger partial charge in [0.1, 0.15) is 5.75 Å². The van der Waals surface area contributed by atoms with Crippen molar-refractivity contribution in [3.63, 3.8) is 0 Å². The van der Waals surface area contributed by atoms with Crippen molar-refractivity contribution in [3.05, 3.63) is 77.1 Å². The highest BCUT2D eigenvalue weighted by Crippen LogP contribution is 2.40. The van der Waals surface area contributed by atoms with Crippen molar-refractivity contribution in [1.82, 2.24) is 20.3 Å². The van der Waals surface area contributed by atoms with Crippen LogP contribution < -0.4 is 5.32 Å². The second-order valence-electron chi connectivity index (χ2n) is 8.15. The first-order valence-electron chi connectivity index (χ1n) is 9.96. The van der Waals surface area contributed by atoms with E-state index in [4.69, 9.17) is 0 Å². The molecule has 0 spiro atoms. The van der Waals surface area contributed by atoms with E-state index in [-0.39, 0.29) is 24.3 Å². The molecule has 0 bridgehead atoms. The Hall–Kier alpha value is -2.91. The van der Waals surface area contributed by atoms with Crippen molar-refractivity contribution in [2.75, 3.05) is 0 Å². The van der Waals surface area contributed by atoms with Gasteiger partial charge in [-0.25, -0.2) is 4.68 Å². The summed E-state index contributed by atoms with van der Waals surface area (Å²) in [5.41, 5.74) is -0.0759. The molecule has 1 aliphatic heterocycles. The third-order valence-electron chi connectivity index (χ3n) is 5.59. The zero-order chi connectivity index (χ0) is 22.2. The van der Waals surface area contributed by atoms with Crippen molar-refractivity contribution >= 4 is 0 Å². The number of benzene rings is 2. The third kappa shape index (κ3) is 4.72. The molecule has 0 radical (unpaired) electrons. The molecule has 2 heterocycles. The van der Waals surface area contributed by atoms with Crippen molar-refractivity contribution in [2.45, 2.75) is 50.2 Å². The van der Waals surface area contributed by atoms with Gasteiger partial charge >= 0.3 is 6.18 Å². The second-order valence-corrected chi connectivity index (χ2v) is 8.15. The summed E-state index contributed by atoms with van der Waals surface area (Å²) >= 11 is 0. The zero-order valence-electron chi connectivity index (χ0n) is 16.8. The molecule has 1 aliphatic rings. The Bertz CT molecular complexity index is 1050. The lowest BCUT2D eigenvalue weighted by Crippen LogP contribution is -2.47. The van der Waals surface area contributed by atoms with E-state index in [0.29, 0.717) is 24.2 Å². The lowest BCUT2D eigenvalue weighted by Gasteiger charge is -2.40. The normalized spacial score (nSPS) is 24.3. The highest BCUT2D eigenvalue weighted by atomic mass is 19.4. The predicted octanol–water partition coefficient (Wildman–Crippen LogP) is 3.75. The molecule has 4 rings (SSSR count). The molecular weight excluding hydrogens is 409 g/mol. The molecule has 1 unspecified atom stereocenters. The monoisotopic (exact) mass is 432 g/mol. The number of alkyl halides is 3. The third-order valence-corrected chi connectivity index (χ3v) is 5.59. The molecule has 3 atom stereocenters. The molecule has 1 saturated heterocycles. The highest BCUT2D eigenvalue weighted by molar-refractivity contribution is 5.30. The van der Waals surface area contributed by atoms with Crippen LogP contribution in [0.1, 0.15) is 48.2 Å². The maximum Gasteiger partial charge on any atom is 0.416 e. The van der Waals surface area contributed by atoms with Crippen LogP contribution in [-0.4, -0.2) is 31.2 Å². The number of rotatable bonds is 4. The van der Waals surface area contributed by atoms with Crippen LogP contribution >= 0.6 is 0 Å². The molecule has 1 aromatic heterocycles. The largest absolute Gasteiger partial charge is 0.508 e. The Morgan fingerprint density at radius 1 is 1.16 bits per heavy atom. The van der Waals surface area contributed by atoms with Gasteiger partial charge in [0.15, 0.2) is 0 Å². The number of aromatic hydroxyl groups is 1. The number of hydrogen-bond acceptors (Lipinski definition) is 5. The van der Waals surface area contributed by atoms with Gasteiger partial charge in [0.2, 0.25) is 0 Å². The van der Waals surface area contributed by atoms with Crippen LogP contribution in [0.2, 0.25) is 0 Å². The Labute approximate surface area is 177 Å². The summed E-state index contributed by atoms with van der Waals surface area (Å²) in [6.07, 6.45) is -2.02. The Balaban J connectivity index is 1.53. The fourth-order valence-corrected chi connectivity index (χ4v) is 4.18. The van der Waals surface area contributed by atoms with Gasteiger partial charge in [0.05, 0.1) is 35.6 Å². The number of halogens is 3. The lowest BCUT2D eigenvalue weighted by molar-refractivity contribution is -0.137. The van der Waals surface area contributed by atoms with E-state index in [1.807, 2.05) is 13.0 Å². The summed E-state index contributed by atoms with van der Waals surface area (Å²) < 4.78 is 40.3. The van der Waals surface area contributed by atoms with Crippen LogP contribution in [0, 0.1) is 0 Å². The fraction of sp³-hybridized carbons (Fsp3) is 0.364. The number of hydrogen-bond donors (Lipinski definition) is 3. The van der Waals surface area contributed by atoms with Gasteiger partial charge in [-0.05, 0) is 48.7 Å². The standard InChI is InChI=1S/C22H23F3N4O2/c1-14-10-21(31,16-5-7-17(8-6-16)22(23,24)25)11-19(26-14)20-13-29(28-27-20)12-15-3-2-4-18(30)9-15/h2-9,13-14,19,26,30-31H,10-12H2,1H3/t14-,19-,21?/m0/s1. The summed E-state index contributed by atoms with van der Waals surface area (Å²) in [5, 5.41) is 32.7. The molecule has 0 aliphatic carbocycles. The number of nitrogens with zero attached hydrogens (tertiary/aromatic N) is 3. The Morgan fingerprint density at radius 2 is 1.90 bits per heavy atom. The molecule has 9 heteroatoms. The van der Waals surface area contributed by atoms with E-state index in [0.717, 1.165) is 17.7 Å². The van der Waals surface area contributed by atoms with Gasteiger partial charge in [-0.2, -0.15) is 13.2 Å². The molecule has 31 heavy (non-hydrogen) atoms. The number of nitrogens with one attached hydrogen (secondary N) is 1. The SMILES string of the molecule is C[C@H]1CC(O)(c2ccc(C(F)(F)F)cc2)C[C@@H](c2cn(Cc3cccc(O)c3)nn2)N1. The Kier molecular flexibility index (Phi) is 5.49. The molecule has 3 aromatic rings. The summed E-state index contributed by atoms with van der Waals surface area (Å²) in [4.78, 5) is 0. The van der Waals surface area contributed by atoms with Crippen LogP contribution in [0.5, 0.6) is 5.75 Å². The van der Waals surface area contributed by atoms with Crippen molar-refractivity contribution in [1.29, 1.82) is 0 Å². The van der Waals surface area contributed by atoms with Gasteiger partial charge in [-0.3, -0.25) is 0 Å². The van der Waals surface area contributed by atoms with Gasteiger partial charge in [0, 0.05) is 12.5 Å². The summed E-state index contributed by atoms with van der Waals surface area (Å²) in [7, 11) is 0. The lowest BCUT2D eigenvalue weighted by atomic mass is 9.78. The van der Waals surface area contributed by atoms with Crippen LogP contribution in [-0.2, 0) is 18.3 Å². The van der Waals surface area contributed by atoms with E-state index in [9.17, 15) is 23.4 Å². The predicted molar refractivity (Wildman–Crippen MR) is 107 cm³/mol.